The van der Waals surface area contributed by atoms with Gasteiger partial charge in [0.05, 0.1) is 16.3 Å². The van der Waals surface area contributed by atoms with Crippen molar-refractivity contribution in [2.75, 3.05) is 11.1 Å². The lowest BCUT2D eigenvalue weighted by Crippen LogP contribution is -2.15. The van der Waals surface area contributed by atoms with Gasteiger partial charge < -0.3 is 5.73 Å². The summed E-state index contributed by atoms with van der Waals surface area (Å²) >= 11 is 7.32. The number of amides is 1. The van der Waals surface area contributed by atoms with Crippen molar-refractivity contribution in [2.45, 2.75) is 26.2 Å². The zero-order valence-corrected chi connectivity index (χ0v) is 13.0. The highest BCUT2D eigenvalue weighted by Crippen LogP contribution is 2.27. The second-order valence-corrected chi connectivity index (χ2v) is 6.60. The normalized spacial score (nSPS) is 11.4. The molecule has 0 atom stereocenters. The Morgan fingerprint density at radius 2 is 2.15 bits per heavy atom. The van der Waals surface area contributed by atoms with Gasteiger partial charge in [0.25, 0.3) is 5.91 Å². The van der Waals surface area contributed by atoms with E-state index in [1.165, 1.54) is 23.6 Å². The Labute approximate surface area is 126 Å². The minimum atomic E-state index is -0.348. The molecule has 7 heteroatoms. The minimum Gasteiger partial charge on any atom is -0.384 e. The molecule has 0 aliphatic carbocycles. The van der Waals surface area contributed by atoms with E-state index in [4.69, 9.17) is 17.3 Å². The van der Waals surface area contributed by atoms with Crippen LogP contribution in [0.15, 0.2) is 17.6 Å². The molecule has 2 aromatic heterocycles. The second-order valence-electron chi connectivity index (χ2n) is 5.33. The number of pyridine rings is 1. The number of nitrogens with two attached hydrogens (primary N) is 1. The predicted molar refractivity (Wildman–Crippen MR) is 82.4 cm³/mol. The number of hydrogen-bond donors (Lipinski definition) is 2. The SMILES string of the molecule is CC(C)(C)c1csc(NC(=O)c2cc(N)ncc2Cl)n1. The van der Waals surface area contributed by atoms with Gasteiger partial charge in [0.2, 0.25) is 0 Å². The van der Waals surface area contributed by atoms with Crippen molar-refractivity contribution in [3.63, 3.8) is 0 Å². The Morgan fingerprint density at radius 1 is 1.45 bits per heavy atom. The van der Waals surface area contributed by atoms with Crippen LogP contribution in [-0.4, -0.2) is 15.9 Å². The third kappa shape index (κ3) is 3.26. The number of carbonyl (C=O) groups is 1. The van der Waals surface area contributed by atoms with Crippen LogP contribution in [0.3, 0.4) is 0 Å². The topological polar surface area (TPSA) is 80.9 Å². The van der Waals surface area contributed by atoms with Gasteiger partial charge >= 0.3 is 0 Å². The molecule has 1 amide bonds. The first-order chi connectivity index (χ1) is 9.27. The molecule has 2 rings (SSSR count). The highest BCUT2D eigenvalue weighted by Gasteiger charge is 2.19. The van der Waals surface area contributed by atoms with Crippen LogP contribution in [-0.2, 0) is 5.41 Å². The number of nitrogens with one attached hydrogen (secondary N) is 1. The standard InChI is InChI=1S/C13H15ClN4OS/c1-13(2,3)9-6-20-12(17-9)18-11(19)7-4-10(15)16-5-8(7)14/h4-6H,1-3H3,(H2,15,16)(H,17,18,19). The van der Waals surface area contributed by atoms with E-state index in [9.17, 15) is 4.79 Å². The van der Waals surface area contributed by atoms with Gasteiger partial charge in [0.15, 0.2) is 5.13 Å². The van der Waals surface area contributed by atoms with Crippen LogP contribution in [0.25, 0.3) is 0 Å². The molecular formula is C13H15ClN4OS. The lowest BCUT2D eigenvalue weighted by molar-refractivity contribution is 0.102. The average Bonchev–Trinajstić information content (AvgIpc) is 2.80. The van der Waals surface area contributed by atoms with Gasteiger partial charge in [-0.05, 0) is 6.07 Å². The van der Waals surface area contributed by atoms with Crippen molar-refractivity contribution in [1.82, 2.24) is 9.97 Å². The van der Waals surface area contributed by atoms with Crippen LogP contribution in [0.5, 0.6) is 0 Å². The number of nitrogen functional groups attached to an aromatic ring is 1. The lowest BCUT2D eigenvalue weighted by Gasteiger charge is -2.14. The summed E-state index contributed by atoms with van der Waals surface area (Å²) in [5.74, 6) is -0.104. The van der Waals surface area contributed by atoms with Crippen LogP contribution in [0.2, 0.25) is 5.02 Å². The summed E-state index contributed by atoms with van der Waals surface area (Å²) in [6.07, 6.45) is 1.36. The van der Waals surface area contributed by atoms with E-state index in [2.05, 4.69) is 36.1 Å². The minimum absolute atomic E-state index is 0.0573. The molecule has 0 aliphatic heterocycles. The molecule has 0 fully saturated rings. The fourth-order valence-electron chi connectivity index (χ4n) is 1.47. The molecule has 3 N–H and O–H groups in total. The summed E-state index contributed by atoms with van der Waals surface area (Å²) in [6, 6.07) is 1.44. The number of anilines is 2. The molecule has 0 radical (unpaired) electrons. The second kappa shape index (κ2) is 5.38. The summed E-state index contributed by atoms with van der Waals surface area (Å²) in [4.78, 5) is 20.3. The first kappa shape index (κ1) is 14.7. The maximum atomic E-state index is 12.1. The van der Waals surface area contributed by atoms with Crippen molar-refractivity contribution in [1.29, 1.82) is 0 Å². The van der Waals surface area contributed by atoms with Gasteiger partial charge in [-0.1, -0.05) is 32.4 Å². The first-order valence-corrected chi connectivity index (χ1v) is 7.21. The quantitative estimate of drug-likeness (QED) is 0.891. The molecule has 20 heavy (non-hydrogen) atoms. The van der Waals surface area contributed by atoms with E-state index in [1.54, 1.807) is 0 Å². The number of nitrogens with zero attached hydrogens (tertiary/aromatic N) is 2. The van der Waals surface area contributed by atoms with Crippen molar-refractivity contribution < 1.29 is 4.79 Å². The Hall–Kier alpha value is -1.66. The van der Waals surface area contributed by atoms with Gasteiger partial charge in [0, 0.05) is 17.0 Å². The number of halogens is 1. The fourth-order valence-corrected chi connectivity index (χ4v) is 2.59. The molecule has 0 aliphatic rings. The summed E-state index contributed by atoms with van der Waals surface area (Å²) in [5.41, 5.74) is 6.71. The highest BCUT2D eigenvalue weighted by molar-refractivity contribution is 7.14. The largest absolute Gasteiger partial charge is 0.384 e. The number of aromatic nitrogens is 2. The molecule has 0 spiro atoms. The Balaban J connectivity index is 2.20. The maximum Gasteiger partial charge on any atom is 0.259 e. The molecule has 2 heterocycles. The maximum absolute atomic E-state index is 12.1. The molecule has 2 aromatic rings. The Kier molecular flexibility index (Phi) is 3.96. The zero-order valence-electron chi connectivity index (χ0n) is 11.4. The van der Waals surface area contributed by atoms with E-state index in [0.717, 1.165) is 5.69 Å². The van der Waals surface area contributed by atoms with E-state index in [0.29, 0.717) is 5.13 Å². The molecule has 5 nitrogen and oxygen atoms in total. The summed E-state index contributed by atoms with van der Waals surface area (Å²) < 4.78 is 0. The Bertz CT molecular complexity index is 648. The number of thiazole rings is 1. The lowest BCUT2D eigenvalue weighted by atomic mass is 9.93. The molecular weight excluding hydrogens is 296 g/mol. The van der Waals surface area contributed by atoms with Gasteiger partial charge in [0.1, 0.15) is 5.82 Å². The van der Waals surface area contributed by atoms with Crippen molar-refractivity contribution >= 4 is 39.8 Å². The van der Waals surface area contributed by atoms with Crippen LogP contribution in [0.4, 0.5) is 10.9 Å². The molecule has 0 saturated carbocycles. The van der Waals surface area contributed by atoms with Crippen LogP contribution in [0.1, 0.15) is 36.8 Å². The monoisotopic (exact) mass is 310 g/mol. The molecule has 106 valence electrons. The third-order valence-electron chi connectivity index (χ3n) is 2.61. The predicted octanol–water partition coefficient (Wildman–Crippen LogP) is 3.32. The van der Waals surface area contributed by atoms with E-state index >= 15 is 0 Å². The summed E-state index contributed by atoms with van der Waals surface area (Å²) in [5, 5.41) is 5.44. The first-order valence-electron chi connectivity index (χ1n) is 5.96. The smallest absolute Gasteiger partial charge is 0.259 e. The van der Waals surface area contributed by atoms with Crippen LogP contribution >= 0.6 is 22.9 Å². The molecule has 0 saturated heterocycles. The zero-order chi connectivity index (χ0) is 14.9. The average molecular weight is 311 g/mol. The van der Waals surface area contributed by atoms with Gasteiger partial charge in [-0.25, -0.2) is 9.97 Å². The molecule has 0 bridgehead atoms. The van der Waals surface area contributed by atoms with Gasteiger partial charge in [-0.15, -0.1) is 11.3 Å². The number of rotatable bonds is 2. The number of carbonyl (C=O) groups excluding carboxylic acids is 1. The summed E-state index contributed by atoms with van der Waals surface area (Å²) in [7, 11) is 0. The van der Waals surface area contributed by atoms with Crippen molar-refractivity contribution in [2.24, 2.45) is 0 Å². The van der Waals surface area contributed by atoms with Crippen LogP contribution < -0.4 is 11.1 Å². The van der Waals surface area contributed by atoms with Gasteiger partial charge in [-0.2, -0.15) is 0 Å². The van der Waals surface area contributed by atoms with E-state index in [1.807, 2.05) is 5.38 Å². The van der Waals surface area contributed by atoms with Crippen molar-refractivity contribution in [3.8, 4) is 0 Å². The molecule has 0 unspecified atom stereocenters. The van der Waals surface area contributed by atoms with Crippen LogP contribution in [0, 0.1) is 0 Å². The van der Waals surface area contributed by atoms with Crippen molar-refractivity contribution in [3.05, 3.63) is 33.9 Å². The Morgan fingerprint density at radius 3 is 2.75 bits per heavy atom. The fraction of sp³-hybridized carbons (Fsp3) is 0.308. The van der Waals surface area contributed by atoms with Gasteiger partial charge in [-0.3, -0.25) is 10.1 Å². The molecule has 0 aromatic carbocycles. The van der Waals surface area contributed by atoms with E-state index < -0.39 is 0 Å². The summed E-state index contributed by atoms with van der Waals surface area (Å²) in [6.45, 7) is 6.19. The third-order valence-corrected chi connectivity index (χ3v) is 3.67. The highest BCUT2D eigenvalue weighted by atomic mass is 35.5. The number of hydrogen-bond acceptors (Lipinski definition) is 5. The van der Waals surface area contributed by atoms with E-state index in [-0.39, 0.29) is 27.7 Å².